The maximum Gasteiger partial charge on any atom is 0.305 e. The molecule has 6 nitrogen and oxygen atoms in total. The summed E-state index contributed by atoms with van der Waals surface area (Å²) in [6.45, 7) is 1.98. The summed E-state index contributed by atoms with van der Waals surface area (Å²) < 4.78 is 1.52. The van der Waals surface area contributed by atoms with Crippen LogP contribution in [0, 0.1) is 0 Å². The molecule has 0 saturated heterocycles. The van der Waals surface area contributed by atoms with Crippen molar-refractivity contribution in [1.82, 2.24) is 20.2 Å². The Morgan fingerprint density at radius 1 is 1.43 bits per heavy atom. The number of rotatable bonds is 6. The average Bonchev–Trinajstić information content (AvgIpc) is 2.86. The van der Waals surface area contributed by atoms with Gasteiger partial charge >= 0.3 is 5.97 Å². The molecule has 0 aliphatic carbocycles. The molecule has 2 rings (SSSR count). The van der Waals surface area contributed by atoms with E-state index in [1.165, 1.54) is 4.68 Å². The monoisotopic (exact) mass is 328 g/mol. The lowest BCUT2D eigenvalue weighted by molar-refractivity contribution is -0.138. The molecule has 0 fully saturated rings. The lowest BCUT2D eigenvalue weighted by Gasteiger charge is -2.16. The zero-order chi connectivity index (χ0) is 15.4. The van der Waals surface area contributed by atoms with Crippen LogP contribution < -0.4 is 0 Å². The normalized spacial score (nSPS) is 12.3. The fourth-order valence-electron chi connectivity index (χ4n) is 2.13. The van der Waals surface area contributed by atoms with Crippen LogP contribution in [0.1, 0.15) is 32.2 Å². The molecule has 0 bridgehead atoms. The fourth-order valence-corrected chi connectivity index (χ4v) is 2.63. The number of halogens is 2. The fraction of sp³-hybridized carbons (Fsp3) is 0.385. The number of nitrogens with zero attached hydrogens (tertiary/aromatic N) is 4. The first-order chi connectivity index (χ1) is 10.0. The van der Waals surface area contributed by atoms with Gasteiger partial charge in [0.05, 0.1) is 17.5 Å². The molecule has 0 aliphatic heterocycles. The van der Waals surface area contributed by atoms with Crippen LogP contribution in [0.25, 0.3) is 11.4 Å². The van der Waals surface area contributed by atoms with Gasteiger partial charge in [-0.2, -0.15) is 0 Å². The largest absolute Gasteiger partial charge is 0.481 e. The van der Waals surface area contributed by atoms with Crippen molar-refractivity contribution in [2.45, 2.75) is 32.2 Å². The van der Waals surface area contributed by atoms with E-state index in [-0.39, 0.29) is 12.5 Å². The zero-order valence-corrected chi connectivity index (χ0v) is 12.8. The Morgan fingerprint density at radius 3 is 2.81 bits per heavy atom. The maximum absolute atomic E-state index is 11.0. The van der Waals surface area contributed by atoms with Gasteiger partial charge in [0.2, 0.25) is 0 Å². The van der Waals surface area contributed by atoms with Gasteiger partial charge in [0.1, 0.15) is 0 Å². The highest BCUT2D eigenvalue weighted by Crippen LogP contribution is 2.31. The first-order valence-corrected chi connectivity index (χ1v) is 7.23. The van der Waals surface area contributed by atoms with Gasteiger partial charge in [-0.3, -0.25) is 4.79 Å². The van der Waals surface area contributed by atoms with Crippen molar-refractivity contribution >= 4 is 29.2 Å². The number of carboxylic acids is 1. The molecule has 1 aromatic carbocycles. The molecule has 0 saturated carbocycles. The number of aliphatic carboxylic acids is 1. The molecule has 0 spiro atoms. The highest BCUT2D eigenvalue weighted by molar-refractivity contribution is 6.36. The van der Waals surface area contributed by atoms with Gasteiger partial charge in [-0.25, -0.2) is 4.68 Å². The highest BCUT2D eigenvalue weighted by atomic mass is 35.5. The van der Waals surface area contributed by atoms with Gasteiger partial charge in [0.25, 0.3) is 0 Å². The number of carbonyl (C=O) groups is 1. The lowest BCUT2D eigenvalue weighted by atomic mass is 10.1. The first-order valence-electron chi connectivity index (χ1n) is 6.48. The van der Waals surface area contributed by atoms with Gasteiger partial charge in [-0.1, -0.05) is 36.5 Å². The highest BCUT2D eigenvalue weighted by Gasteiger charge is 2.21. The topological polar surface area (TPSA) is 80.9 Å². The molecular formula is C13H14Cl2N4O2. The molecule has 1 N–H and O–H groups in total. The first kappa shape index (κ1) is 15.7. The minimum absolute atomic E-state index is 0.0446. The van der Waals surface area contributed by atoms with Crippen molar-refractivity contribution in [3.05, 3.63) is 28.2 Å². The van der Waals surface area contributed by atoms with Crippen molar-refractivity contribution < 1.29 is 9.90 Å². The summed E-state index contributed by atoms with van der Waals surface area (Å²) >= 11 is 12.0. The summed E-state index contributed by atoms with van der Waals surface area (Å²) in [6.07, 6.45) is 1.44. The molecule has 8 heteroatoms. The minimum Gasteiger partial charge on any atom is -0.481 e. The Balaban J connectivity index is 2.42. The molecule has 2 aromatic rings. The Hall–Kier alpha value is -1.66. The van der Waals surface area contributed by atoms with Crippen LogP contribution in [-0.2, 0) is 4.79 Å². The van der Waals surface area contributed by atoms with Crippen LogP contribution >= 0.6 is 23.2 Å². The molecule has 1 heterocycles. The predicted octanol–water partition coefficient (Wildman–Crippen LogP) is 3.46. The van der Waals surface area contributed by atoms with E-state index in [0.717, 1.165) is 6.42 Å². The number of hydrogen-bond donors (Lipinski definition) is 1. The van der Waals surface area contributed by atoms with E-state index in [4.69, 9.17) is 28.3 Å². The summed E-state index contributed by atoms with van der Waals surface area (Å²) in [4.78, 5) is 11.0. The van der Waals surface area contributed by atoms with Gasteiger partial charge in [0.15, 0.2) is 5.82 Å². The second kappa shape index (κ2) is 6.87. The van der Waals surface area contributed by atoms with Gasteiger partial charge in [-0.05, 0) is 35.0 Å². The van der Waals surface area contributed by atoms with Crippen LogP contribution in [0.15, 0.2) is 18.2 Å². The molecule has 21 heavy (non-hydrogen) atoms. The quantitative estimate of drug-likeness (QED) is 0.878. The number of aromatic nitrogens is 4. The van der Waals surface area contributed by atoms with E-state index in [2.05, 4.69) is 15.5 Å². The Morgan fingerprint density at radius 2 is 2.19 bits per heavy atom. The van der Waals surface area contributed by atoms with Crippen molar-refractivity contribution in [2.75, 3.05) is 0 Å². The second-order valence-electron chi connectivity index (χ2n) is 4.61. The summed E-state index contributed by atoms with van der Waals surface area (Å²) in [6, 6.07) is 4.69. The van der Waals surface area contributed by atoms with Gasteiger partial charge in [-0.15, -0.1) is 5.10 Å². The van der Waals surface area contributed by atoms with Crippen LogP contribution in [0.4, 0.5) is 0 Å². The summed E-state index contributed by atoms with van der Waals surface area (Å²) in [5.74, 6) is -0.450. The Labute approximate surface area is 131 Å². The van der Waals surface area contributed by atoms with Crippen molar-refractivity contribution in [3.63, 3.8) is 0 Å². The van der Waals surface area contributed by atoms with Crippen LogP contribution in [0.3, 0.4) is 0 Å². The van der Waals surface area contributed by atoms with E-state index in [1.807, 2.05) is 6.92 Å². The van der Waals surface area contributed by atoms with E-state index in [9.17, 15) is 4.79 Å². The molecule has 0 radical (unpaired) electrons. The van der Waals surface area contributed by atoms with E-state index < -0.39 is 5.97 Å². The molecule has 1 unspecified atom stereocenters. The molecule has 1 atom stereocenters. The summed E-state index contributed by atoms with van der Waals surface area (Å²) in [7, 11) is 0. The molecule has 1 aromatic heterocycles. The third-order valence-electron chi connectivity index (χ3n) is 3.04. The van der Waals surface area contributed by atoms with Gasteiger partial charge in [0, 0.05) is 10.6 Å². The minimum atomic E-state index is -0.892. The molecular weight excluding hydrogens is 315 g/mol. The third-order valence-corrected chi connectivity index (χ3v) is 3.59. The predicted molar refractivity (Wildman–Crippen MR) is 79.5 cm³/mol. The van der Waals surface area contributed by atoms with Gasteiger partial charge < -0.3 is 5.11 Å². The van der Waals surface area contributed by atoms with E-state index >= 15 is 0 Å². The average molecular weight is 329 g/mol. The van der Waals surface area contributed by atoms with Crippen LogP contribution in [-0.4, -0.2) is 31.3 Å². The van der Waals surface area contributed by atoms with Crippen molar-refractivity contribution in [2.24, 2.45) is 0 Å². The number of hydrogen-bond acceptors (Lipinski definition) is 4. The van der Waals surface area contributed by atoms with Crippen molar-refractivity contribution in [3.8, 4) is 11.4 Å². The van der Waals surface area contributed by atoms with Crippen molar-refractivity contribution in [1.29, 1.82) is 0 Å². The van der Waals surface area contributed by atoms with E-state index in [1.54, 1.807) is 18.2 Å². The molecule has 0 aliphatic rings. The number of carboxylic acid groups (broad SMARTS) is 1. The van der Waals surface area contributed by atoms with Crippen LogP contribution in [0.5, 0.6) is 0 Å². The smallest absolute Gasteiger partial charge is 0.305 e. The Kier molecular flexibility index (Phi) is 5.14. The SMILES string of the molecule is CCCC(CC(=O)O)n1nnnc1-c1ccc(Cl)cc1Cl. The number of tetrazole rings is 1. The van der Waals surface area contributed by atoms with E-state index in [0.29, 0.717) is 27.9 Å². The second-order valence-corrected chi connectivity index (χ2v) is 5.46. The number of benzene rings is 1. The summed E-state index contributed by atoms with van der Waals surface area (Å²) in [5, 5.41) is 21.5. The standard InChI is InChI=1S/C13H14Cl2N4O2/c1-2-3-9(7-12(20)21)19-13(16-17-18-19)10-5-4-8(14)6-11(10)15/h4-6,9H,2-3,7H2,1H3,(H,20,21). The zero-order valence-electron chi connectivity index (χ0n) is 11.3. The molecule has 112 valence electrons. The lowest BCUT2D eigenvalue weighted by Crippen LogP contribution is -2.16. The van der Waals surface area contributed by atoms with Crippen LogP contribution in [0.2, 0.25) is 10.0 Å². The Bertz CT molecular complexity index is 645. The third kappa shape index (κ3) is 3.71. The summed E-state index contributed by atoms with van der Waals surface area (Å²) in [5.41, 5.74) is 0.623. The molecule has 0 amide bonds. The maximum atomic E-state index is 11.0.